The molecular formula is C20H24BrN2O4PS. The molecule has 3 N–H and O–H groups in total. The van der Waals surface area contributed by atoms with Crippen LogP contribution in [-0.2, 0) is 15.5 Å². The van der Waals surface area contributed by atoms with Gasteiger partial charge in [0.25, 0.3) is 0 Å². The summed E-state index contributed by atoms with van der Waals surface area (Å²) >= 11 is 4.85. The molecule has 0 radical (unpaired) electrons. The van der Waals surface area contributed by atoms with E-state index in [0.717, 1.165) is 21.3 Å². The van der Waals surface area contributed by atoms with E-state index in [1.807, 2.05) is 31.2 Å². The molecule has 2 unspecified atom stereocenters. The van der Waals surface area contributed by atoms with E-state index >= 15 is 0 Å². The molecule has 3 rings (SSSR count). The van der Waals surface area contributed by atoms with Gasteiger partial charge in [0, 0.05) is 9.35 Å². The molecule has 0 saturated heterocycles. The molecule has 0 saturated carbocycles. The predicted molar refractivity (Wildman–Crippen MR) is 120 cm³/mol. The molecule has 29 heavy (non-hydrogen) atoms. The number of nitrogens with two attached hydrogens (primary N) is 1. The number of aromatic nitrogens is 1. The van der Waals surface area contributed by atoms with E-state index in [4.69, 9.17) is 14.7 Å². The third kappa shape index (κ3) is 5.01. The van der Waals surface area contributed by atoms with Crippen LogP contribution in [0.5, 0.6) is 0 Å². The van der Waals surface area contributed by atoms with Crippen molar-refractivity contribution in [1.29, 1.82) is 0 Å². The summed E-state index contributed by atoms with van der Waals surface area (Å²) in [6.45, 7) is 6.08. The van der Waals surface area contributed by atoms with E-state index in [1.165, 1.54) is 23.7 Å². The number of nitrogen functional groups attached to an aromatic ring is 1. The van der Waals surface area contributed by atoms with Gasteiger partial charge >= 0.3 is 7.60 Å². The van der Waals surface area contributed by atoms with Crippen molar-refractivity contribution in [2.24, 2.45) is 5.92 Å². The third-order valence-electron chi connectivity index (χ3n) is 4.36. The van der Waals surface area contributed by atoms with Crippen molar-refractivity contribution in [3.05, 3.63) is 51.5 Å². The first-order valence-electron chi connectivity index (χ1n) is 9.32. The summed E-state index contributed by atoms with van der Waals surface area (Å²) in [5.74, 6) is 0.616. The Hall–Kier alpha value is -1.44. The second kappa shape index (κ2) is 9.14. The maximum atomic E-state index is 13.3. The molecule has 156 valence electrons. The normalized spacial score (nSPS) is 14.8. The molecule has 3 aromatic rings. The number of anilines is 1. The Morgan fingerprint density at radius 1 is 1.34 bits per heavy atom. The fraction of sp³-hybridized carbons (Fsp3) is 0.350. The van der Waals surface area contributed by atoms with E-state index < -0.39 is 13.7 Å². The number of rotatable bonds is 8. The smallest absolute Gasteiger partial charge is 0.363 e. The monoisotopic (exact) mass is 498 g/mol. The van der Waals surface area contributed by atoms with Gasteiger partial charge in [0.15, 0.2) is 10.9 Å². The molecule has 0 amide bonds. The number of hydrogen-bond donors (Lipinski definition) is 2. The lowest BCUT2D eigenvalue weighted by atomic mass is 10.1. The molecule has 0 bridgehead atoms. The van der Waals surface area contributed by atoms with E-state index in [0.29, 0.717) is 23.2 Å². The first-order chi connectivity index (χ1) is 13.7. The molecule has 0 fully saturated rings. The summed E-state index contributed by atoms with van der Waals surface area (Å²) in [6.07, 6.45) is 2.10. The highest BCUT2D eigenvalue weighted by molar-refractivity contribution is 9.10. The Kier molecular flexibility index (Phi) is 7.02. The fourth-order valence-electron chi connectivity index (χ4n) is 3.08. The van der Waals surface area contributed by atoms with Crippen molar-refractivity contribution in [2.75, 3.05) is 5.73 Å². The Morgan fingerprint density at radius 2 is 2.07 bits per heavy atom. The Balaban J connectivity index is 1.97. The Morgan fingerprint density at radius 3 is 2.72 bits per heavy atom. The van der Waals surface area contributed by atoms with E-state index in [2.05, 4.69) is 34.8 Å². The SMILES string of the molecule is CCC(OP(=O)(O)c1ccoc1-c1nc(N)sc1CC(C)C)c1ccccc1Br. The molecule has 9 heteroatoms. The highest BCUT2D eigenvalue weighted by Crippen LogP contribution is 2.50. The maximum absolute atomic E-state index is 13.3. The van der Waals surface area contributed by atoms with Crippen molar-refractivity contribution in [3.8, 4) is 11.5 Å². The molecule has 0 spiro atoms. The molecule has 2 atom stereocenters. The lowest BCUT2D eigenvalue weighted by Gasteiger charge is -2.21. The topological polar surface area (TPSA) is 98.6 Å². The molecular weight excluding hydrogens is 475 g/mol. The Labute approximate surface area is 182 Å². The van der Waals surface area contributed by atoms with Crippen LogP contribution in [0.2, 0.25) is 0 Å². The summed E-state index contributed by atoms with van der Waals surface area (Å²) < 4.78 is 25.4. The van der Waals surface area contributed by atoms with Crippen LogP contribution in [0.1, 0.15) is 43.7 Å². The average Bonchev–Trinajstić information content (AvgIpc) is 3.27. The standard InChI is InChI=1S/C20H24BrN2O4PS/c1-4-15(13-7-5-6-8-14(13)21)27-28(24,25)16-9-10-26-19(16)18-17(11-12(2)3)29-20(22)23-18/h5-10,12,15H,4,11H2,1-3H3,(H2,22,23)(H,24,25). The zero-order chi connectivity index (χ0) is 21.2. The zero-order valence-electron chi connectivity index (χ0n) is 16.5. The van der Waals surface area contributed by atoms with Gasteiger partial charge in [0.2, 0.25) is 0 Å². The fourth-order valence-corrected chi connectivity index (χ4v) is 6.04. The van der Waals surface area contributed by atoms with Crippen molar-refractivity contribution in [3.63, 3.8) is 0 Å². The Bertz CT molecular complexity index is 1030. The maximum Gasteiger partial charge on any atom is 0.363 e. The van der Waals surface area contributed by atoms with Gasteiger partial charge in [-0.15, -0.1) is 11.3 Å². The summed E-state index contributed by atoms with van der Waals surface area (Å²) in [6, 6.07) is 8.97. The number of halogens is 1. The van der Waals surface area contributed by atoms with Gasteiger partial charge in [-0.3, -0.25) is 9.09 Å². The lowest BCUT2D eigenvalue weighted by Crippen LogP contribution is -2.12. The van der Waals surface area contributed by atoms with E-state index in [9.17, 15) is 9.46 Å². The average molecular weight is 499 g/mol. The minimum absolute atomic E-state index is 0.0957. The van der Waals surface area contributed by atoms with Crippen LogP contribution in [-0.4, -0.2) is 9.88 Å². The van der Waals surface area contributed by atoms with Crippen LogP contribution < -0.4 is 11.0 Å². The van der Waals surface area contributed by atoms with Gasteiger partial charge < -0.3 is 15.0 Å². The quantitative estimate of drug-likeness (QED) is 0.373. The second-order valence-corrected chi connectivity index (χ2v) is 10.8. The third-order valence-corrected chi connectivity index (χ3v) is 7.49. The van der Waals surface area contributed by atoms with Gasteiger partial charge in [-0.1, -0.05) is 54.9 Å². The molecule has 0 aliphatic rings. The molecule has 1 aromatic carbocycles. The predicted octanol–water partition coefficient (Wildman–Crippen LogP) is 5.92. The first-order valence-corrected chi connectivity index (χ1v) is 12.5. The molecule has 6 nitrogen and oxygen atoms in total. The van der Waals surface area contributed by atoms with E-state index in [-0.39, 0.29) is 11.1 Å². The lowest BCUT2D eigenvalue weighted by molar-refractivity contribution is 0.177. The number of benzene rings is 1. The van der Waals surface area contributed by atoms with Crippen LogP contribution in [0.25, 0.3) is 11.5 Å². The highest BCUT2D eigenvalue weighted by Gasteiger charge is 2.34. The molecule has 0 aliphatic carbocycles. The van der Waals surface area contributed by atoms with Gasteiger partial charge in [-0.25, -0.2) is 4.98 Å². The highest BCUT2D eigenvalue weighted by atomic mass is 79.9. The summed E-state index contributed by atoms with van der Waals surface area (Å²) in [4.78, 5) is 16.1. The molecule has 0 aliphatic heterocycles. The summed E-state index contributed by atoms with van der Waals surface area (Å²) in [7, 11) is -4.19. The van der Waals surface area contributed by atoms with Crippen LogP contribution in [0.4, 0.5) is 5.13 Å². The number of furan rings is 1. The van der Waals surface area contributed by atoms with Crippen LogP contribution >= 0.6 is 34.9 Å². The van der Waals surface area contributed by atoms with Crippen molar-refractivity contribution in [1.82, 2.24) is 4.98 Å². The summed E-state index contributed by atoms with van der Waals surface area (Å²) in [5.41, 5.74) is 7.23. The van der Waals surface area contributed by atoms with Crippen LogP contribution in [0, 0.1) is 5.92 Å². The van der Waals surface area contributed by atoms with Gasteiger partial charge in [0.1, 0.15) is 11.0 Å². The molecule has 2 heterocycles. The minimum atomic E-state index is -4.19. The van der Waals surface area contributed by atoms with Crippen molar-refractivity contribution < 1.29 is 18.4 Å². The molecule has 2 aromatic heterocycles. The first kappa shape index (κ1) is 22.2. The number of thiazole rings is 1. The second-order valence-electron chi connectivity index (χ2n) is 7.10. The van der Waals surface area contributed by atoms with Gasteiger partial charge in [-0.2, -0.15) is 0 Å². The van der Waals surface area contributed by atoms with Crippen molar-refractivity contribution in [2.45, 2.75) is 39.7 Å². The zero-order valence-corrected chi connectivity index (χ0v) is 19.8. The number of hydrogen-bond acceptors (Lipinski definition) is 6. The van der Waals surface area contributed by atoms with Gasteiger partial charge in [-0.05, 0) is 36.5 Å². The van der Waals surface area contributed by atoms with Crippen LogP contribution in [0.15, 0.2) is 45.5 Å². The largest absolute Gasteiger partial charge is 0.462 e. The van der Waals surface area contributed by atoms with Gasteiger partial charge in [0.05, 0.1) is 12.4 Å². The summed E-state index contributed by atoms with van der Waals surface area (Å²) in [5, 5.41) is 0.490. The number of nitrogens with zero attached hydrogens (tertiary/aromatic N) is 1. The van der Waals surface area contributed by atoms with E-state index in [1.54, 1.807) is 0 Å². The minimum Gasteiger partial charge on any atom is -0.462 e. The van der Waals surface area contributed by atoms with Crippen LogP contribution in [0.3, 0.4) is 0 Å². The van der Waals surface area contributed by atoms with Crippen molar-refractivity contribution >= 4 is 45.3 Å².